The van der Waals surface area contributed by atoms with Crippen LogP contribution < -0.4 is 5.32 Å². The monoisotopic (exact) mass is 278 g/mol. The van der Waals surface area contributed by atoms with Gasteiger partial charge in [-0.3, -0.25) is 4.79 Å². The van der Waals surface area contributed by atoms with Crippen molar-refractivity contribution in [3.8, 4) is 0 Å². The molecule has 0 spiro atoms. The van der Waals surface area contributed by atoms with Crippen LogP contribution in [0, 0.1) is 0 Å². The first-order chi connectivity index (χ1) is 8.48. The van der Waals surface area contributed by atoms with E-state index in [9.17, 15) is 18.0 Å². The number of halogens is 3. The van der Waals surface area contributed by atoms with E-state index in [0.29, 0.717) is 17.8 Å². The second kappa shape index (κ2) is 5.36. The molecule has 0 bridgehead atoms. The molecule has 1 fully saturated rings. The molecule has 0 radical (unpaired) electrons. The van der Waals surface area contributed by atoms with Crippen molar-refractivity contribution in [2.45, 2.75) is 37.9 Å². The maximum Gasteiger partial charge on any atom is 0.443 e. The number of aromatic nitrogens is 1. The summed E-state index contributed by atoms with van der Waals surface area (Å²) in [4.78, 5) is 15.4. The third kappa shape index (κ3) is 3.08. The standard InChI is InChI=1S/C11H13F3N2OS/c12-11(13,14)10-16-6-8(18-10)9(17)7-4-2-1-3-5-15-7/h6-7,15H,1-5H2. The molecule has 1 N–H and O–H groups in total. The Morgan fingerprint density at radius 3 is 2.83 bits per heavy atom. The zero-order valence-electron chi connectivity index (χ0n) is 9.59. The van der Waals surface area contributed by atoms with E-state index >= 15 is 0 Å². The van der Waals surface area contributed by atoms with Crippen molar-refractivity contribution in [2.24, 2.45) is 0 Å². The molecule has 1 aromatic rings. The lowest BCUT2D eigenvalue weighted by Crippen LogP contribution is -2.35. The summed E-state index contributed by atoms with van der Waals surface area (Å²) >= 11 is 0.423. The molecule has 3 nitrogen and oxygen atoms in total. The first kappa shape index (κ1) is 13.5. The Morgan fingerprint density at radius 1 is 1.39 bits per heavy atom. The van der Waals surface area contributed by atoms with Crippen molar-refractivity contribution in [1.29, 1.82) is 0 Å². The number of hydrogen-bond donors (Lipinski definition) is 1. The molecule has 100 valence electrons. The largest absolute Gasteiger partial charge is 0.443 e. The normalized spacial score (nSPS) is 21.6. The van der Waals surface area contributed by atoms with Gasteiger partial charge in [0.25, 0.3) is 0 Å². The summed E-state index contributed by atoms with van der Waals surface area (Å²) in [7, 11) is 0. The summed E-state index contributed by atoms with van der Waals surface area (Å²) in [5.74, 6) is -0.273. The first-order valence-corrected chi connectivity index (χ1v) is 6.61. The average molecular weight is 278 g/mol. The summed E-state index contributed by atoms with van der Waals surface area (Å²) < 4.78 is 37.2. The Labute approximate surface area is 106 Å². The number of nitrogens with zero attached hydrogens (tertiary/aromatic N) is 1. The van der Waals surface area contributed by atoms with Gasteiger partial charge in [-0.15, -0.1) is 11.3 Å². The lowest BCUT2D eigenvalue weighted by atomic mass is 10.1. The summed E-state index contributed by atoms with van der Waals surface area (Å²) in [6.45, 7) is 0.737. The van der Waals surface area contributed by atoms with E-state index < -0.39 is 11.2 Å². The van der Waals surface area contributed by atoms with Gasteiger partial charge < -0.3 is 5.32 Å². The fraction of sp³-hybridized carbons (Fsp3) is 0.636. The molecular weight excluding hydrogens is 265 g/mol. The van der Waals surface area contributed by atoms with Gasteiger partial charge in [0.1, 0.15) is 0 Å². The highest BCUT2D eigenvalue weighted by molar-refractivity contribution is 7.13. The molecule has 0 amide bonds. The molecule has 1 saturated heterocycles. The van der Waals surface area contributed by atoms with Crippen molar-refractivity contribution in [3.05, 3.63) is 16.1 Å². The van der Waals surface area contributed by atoms with Crippen LogP contribution in [0.2, 0.25) is 0 Å². The lowest BCUT2D eigenvalue weighted by Gasteiger charge is -2.12. The molecule has 1 aromatic heterocycles. The molecule has 1 atom stereocenters. The summed E-state index contributed by atoms with van der Waals surface area (Å²) in [6, 6.07) is -0.367. The fourth-order valence-electron chi connectivity index (χ4n) is 1.94. The topological polar surface area (TPSA) is 42.0 Å². The fourth-order valence-corrected chi connectivity index (χ4v) is 2.72. The number of Topliss-reactive ketones (excluding diaryl/α,β-unsaturated/α-hetero) is 1. The average Bonchev–Trinajstić information content (AvgIpc) is 2.65. The van der Waals surface area contributed by atoms with Gasteiger partial charge >= 0.3 is 6.18 Å². The Bertz CT molecular complexity index is 422. The molecule has 0 saturated carbocycles. The maximum absolute atomic E-state index is 12.4. The van der Waals surface area contributed by atoms with Crippen LogP contribution in [0.3, 0.4) is 0 Å². The number of nitrogens with one attached hydrogen (secondary N) is 1. The van der Waals surface area contributed by atoms with Crippen LogP contribution in [0.5, 0.6) is 0 Å². The predicted octanol–water partition coefficient (Wildman–Crippen LogP) is 2.88. The molecule has 18 heavy (non-hydrogen) atoms. The van der Waals surface area contributed by atoms with E-state index in [0.717, 1.165) is 32.0 Å². The number of carbonyl (C=O) groups is 1. The van der Waals surface area contributed by atoms with E-state index in [1.807, 2.05) is 0 Å². The Hall–Kier alpha value is -0.950. The highest BCUT2D eigenvalue weighted by Crippen LogP contribution is 2.33. The van der Waals surface area contributed by atoms with Gasteiger partial charge in [-0.25, -0.2) is 4.98 Å². The zero-order valence-corrected chi connectivity index (χ0v) is 10.4. The molecule has 1 unspecified atom stereocenters. The SMILES string of the molecule is O=C(c1cnc(C(F)(F)F)s1)C1CCCCCN1. The van der Waals surface area contributed by atoms with E-state index in [1.54, 1.807) is 0 Å². The van der Waals surface area contributed by atoms with Crippen molar-refractivity contribution in [3.63, 3.8) is 0 Å². The van der Waals surface area contributed by atoms with Gasteiger partial charge in [0.2, 0.25) is 0 Å². The molecule has 2 heterocycles. The number of ketones is 1. The van der Waals surface area contributed by atoms with E-state index in [4.69, 9.17) is 0 Å². The van der Waals surface area contributed by atoms with E-state index in [-0.39, 0.29) is 16.7 Å². The third-order valence-electron chi connectivity index (χ3n) is 2.87. The quantitative estimate of drug-likeness (QED) is 0.846. The lowest BCUT2D eigenvalue weighted by molar-refractivity contribution is -0.137. The van der Waals surface area contributed by atoms with Crippen LogP contribution in [-0.2, 0) is 6.18 Å². The molecule has 7 heteroatoms. The van der Waals surface area contributed by atoms with Crippen molar-refractivity contribution in [2.75, 3.05) is 6.54 Å². The van der Waals surface area contributed by atoms with Crippen LogP contribution in [0.4, 0.5) is 13.2 Å². The smallest absolute Gasteiger partial charge is 0.307 e. The predicted molar refractivity (Wildman–Crippen MR) is 61.7 cm³/mol. The number of hydrogen-bond acceptors (Lipinski definition) is 4. The zero-order chi connectivity index (χ0) is 13.2. The number of rotatable bonds is 2. The van der Waals surface area contributed by atoms with Gasteiger partial charge in [-0.05, 0) is 19.4 Å². The van der Waals surface area contributed by atoms with Crippen LogP contribution in [0.25, 0.3) is 0 Å². The van der Waals surface area contributed by atoms with Gasteiger partial charge in [-0.1, -0.05) is 12.8 Å². The highest BCUT2D eigenvalue weighted by atomic mass is 32.1. The number of carbonyl (C=O) groups excluding carboxylic acids is 1. The molecule has 2 rings (SSSR count). The maximum atomic E-state index is 12.4. The first-order valence-electron chi connectivity index (χ1n) is 5.79. The molecule has 0 aromatic carbocycles. The second-order valence-corrected chi connectivity index (χ2v) is 5.28. The van der Waals surface area contributed by atoms with Crippen LogP contribution in [0.1, 0.15) is 40.4 Å². The van der Waals surface area contributed by atoms with Crippen LogP contribution in [-0.4, -0.2) is 23.4 Å². The summed E-state index contributed by atoms with van der Waals surface area (Å²) in [5, 5.41) is 2.12. The Morgan fingerprint density at radius 2 is 2.17 bits per heavy atom. The van der Waals surface area contributed by atoms with E-state index in [2.05, 4.69) is 10.3 Å². The molecular formula is C11H13F3N2OS. The molecule has 0 aliphatic carbocycles. The summed E-state index contributed by atoms with van der Waals surface area (Å²) in [5.41, 5.74) is 0. The van der Waals surface area contributed by atoms with Crippen molar-refractivity contribution < 1.29 is 18.0 Å². The van der Waals surface area contributed by atoms with Crippen LogP contribution >= 0.6 is 11.3 Å². The van der Waals surface area contributed by atoms with Crippen molar-refractivity contribution in [1.82, 2.24) is 10.3 Å². The molecule has 1 aliphatic rings. The third-order valence-corrected chi connectivity index (χ3v) is 3.92. The van der Waals surface area contributed by atoms with Crippen molar-refractivity contribution >= 4 is 17.1 Å². The van der Waals surface area contributed by atoms with Gasteiger partial charge in [0.15, 0.2) is 10.8 Å². The van der Waals surface area contributed by atoms with Gasteiger partial charge in [-0.2, -0.15) is 13.2 Å². The minimum atomic E-state index is -4.47. The second-order valence-electron chi connectivity index (χ2n) is 4.25. The van der Waals surface area contributed by atoms with Gasteiger partial charge in [0.05, 0.1) is 10.9 Å². The number of alkyl halides is 3. The van der Waals surface area contributed by atoms with Crippen LogP contribution in [0.15, 0.2) is 6.20 Å². The van der Waals surface area contributed by atoms with E-state index in [1.165, 1.54) is 0 Å². The van der Waals surface area contributed by atoms with Gasteiger partial charge in [0, 0.05) is 6.20 Å². The summed E-state index contributed by atoms with van der Waals surface area (Å²) in [6.07, 6.45) is 0.211. The number of thiazole rings is 1. The molecule has 1 aliphatic heterocycles. The minimum Gasteiger partial charge on any atom is -0.307 e. The minimum absolute atomic E-state index is 0.0849. The Balaban J connectivity index is 2.10. The Kier molecular flexibility index (Phi) is 4.01. The highest BCUT2D eigenvalue weighted by Gasteiger charge is 2.35.